The Labute approximate surface area is 128 Å². The summed E-state index contributed by atoms with van der Waals surface area (Å²) in [4.78, 5) is 21.9. The fraction of sp³-hybridized carbons (Fsp3) is 0.500. The largest absolute Gasteiger partial charge is 0.481 e. The van der Waals surface area contributed by atoms with Crippen LogP contribution in [-0.2, 0) is 4.79 Å². The van der Waals surface area contributed by atoms with Gasteiger partial charge in [0.1, 0.15) is 5.52 Å². The van der Waals surface area contributed by atoms with Crippen molar-refractivity contribution in [2.75, 3.05) is 26.4 Å². The highest BCUT2D eigenvalue weighted by Crippen LogP contribution is 2.28. The Morgan fingerprint density at radius 1 is 1.52 bits per heavy atom. The van der Waals surface area contributed by atoms with Gasteiger partial charge in [-0.1, -0.05) is 11.8 Å². The Kier molecular flexibility index (Phi) is 5.19. The Morgan fingerprint density at radius 3 is 2.95 bits per heavy atom. The smallest absolute Gasteiger partial charge is 0.313 e. The fourth-order valence-electron chi connectivity index (χ4n) is 2.11. The molecule has 2 aromatic rings. The van der Waals surface area contributed by atoms with Crippen molar-refractivity contribution in [1.82, 2.24) is 19.4 Å². The number of hydrogen-bond donors (Lipinski definition) is 1. The maximum Gasteiger partial charge on any atom is 0.313 e. The number of aromatic nitrogens is 3. The van der Waals surface area contributed by atoms with E-state index in [1.807, 2.05) is 30.8 Å². The second kappa shape index (κ2) is 6.91. The molecular weight excluding hydrogens is 288 g/mol. The molecule has 0 fully saturated rings. The van der Waals surface area contributed by atoms with Gasteiger partial charge in [0, 0.05) is 12.2 Å². The van der Waals surface area contributed by atoms with Gasteiger partial charge in [0.05, 0.1) is 5.75 Å². The van der Waals surface area contributed by atoms with Crippen LogP contribution in [0.5, 0.6) is 0 Å². The number of rotatable bonds is 7. The molecule has 1 atom stereocenters. The standard InChI is InChI=1S/C14H20N4O2S/c1-10(6-8-17(2)3)18-13-11(5-4-7-15-13)16-14(18)21-9-12(19)20/h4-5,7,10H,6,8-9H2,1-3H3,(H,19,20). The molecule has 0 spiro atoms. The lowest BCUT2D eigenvalue weighted by Gasteiger charge is -2.18. The summed E-state index contributed by atoms with van der Waals surface area (Å²) in [6.07, 6.45) is 2.69. The van der Waals surface area contributed by atoms with Crippen molar-refractivity contribution >= 4 is 28.9 Å². The van der Waals surface area contributed by atoms with Gasteiger partial charge < -0.3 is 14.6 Å². The van der Waals surface area contributed by atoms with Crippen molar-refractivity contribution in [3.63, 3.8) is 0 Å². The predicted molar refractivity (Wildman–Crippen MR) is 83.8 cm³/mol. The highest BCUT2D eigenvalue weighted by Gasteiger charge is 2.18. The summed E-state index contributed by atoms with van der Waals surface area (Å²) in [6.45, 7) is 3.07. The van der Waals surface area contributed by atoms with Crippen LogP contribution in [0, 0.1) is 0 Å². The van der Waals surface area contributed by atoms with E-state index in [0.29, 0.717) is 0 Å². The zero-order chi connectivity index (χ0) is 15.4. The maximum absolute atomic E-state index is 10.8. The van der Waals surface area contributed by atoms with E-state index in [9.17, 15) is 4.79 Å². The summed E-state index contributed by atoms with van der Waals surface area (Å²) in [5.74, 6) is -0.837. The molecule has 0 saturated carbocycles. The van der Waals surface area contributed by atoms with Gasteiger partial charge in [-0.2, -0.15) is 0 Å². The number of imidazole rings is 1. The molecule has 21 heavy (non-hydrogen) atoms. The number of hydrogen-bond acceptors (Lipinski definition) is 5. The van der Waals surface area contributed by atoms with Crippen molar-refractivity contribution in [3.8, 4) is 0 Å². The Morgan fingerprint density at radius 2 is 2.29 bits per heavy atom. The molecule has 0 bridgehead atoms. The summed E-state index contributed by atoms with van der Waals surface area (Å²) >= 11 is 1.24. The second-order valence-corrected chi connectivity index (χ2v) is 6.18. The lowest BCUT2D eigenvalue weighted by atomic mass is 10.2. The molecule has 7 heteroatoms. The number of nitrogens with zero attached hydrogens (tertiary/aromatic N) is 4. The van der Waals surface area contributed by atoms with Gasteiger partial charge in [-0.3, -0.25) is 4.79 Å². The van der Waals surface area contributed by atoms with Crippen LogP contribution >= 0.6 is 11.8 Å². The number of aliphatic carboxylic acids is 1. The molecule has 0 aliphatic rings. The minimum atomic E-state index is -0.840. The number of carboxylic acids is 1. The van der Waals surface area contributed by atoms with Gasteiger partial charge in [0.2, 0.25) is 0 Å². The van der Waals surface area contributed by atoms with Crippen molar-refractivity contribution < 1.29 is 9.90 Å². The average molecular weight is 308 g/mol. The van der Waals surface area contributed by atoms with Crippen LogP contribution in [0.1, 0.15) is 19.4 Å². The quantitative estimate of drug-likeness (QED) is 0.790. The van der Waals surface area contributed by atoms with Crippen molar-refractivity contribution in [2.24, 2.45) is 0 Å². The van der Waals surface area contributed by atoms with Crippen LogP contribution in [0.2, 0.25) is 0 Å². The second-order valence-electron chi connectivity index (χ2n) is 5.23. The molecule has 0 amide bonds. The summed E-state index contributed by atoms with van der Waals surface area (Å²) in [5, 5.41) is 9.59. The van der Waals surface area contributed by atoms with Crippen LogP contribution in [0.4, 0.5) is 0 Å². The fourth-order valence-corrected chi connectivity index (χ4v) is 2.93. The lowest BCUT2D eigenvalue weighted by molar-refractivity contribution is -0.133. The van der Waals surface area contributed by atoms with E-state index >= 15 is 0 Å². The monoisotopic (exact) mass is 308 g/mol. The van der Waals surface area contributed by atoms with E-state index in [4.69, 9.17) is 5.11 Å². The van der Waals surface area contributed by atoms with Crippen LogP contribution < -0.4 is 0 Å². The summed E-state index contributed by atoms with van der Waals surface area (Å²) in [7, 11) is 4.08. The van der Waals surface area contributed by atoms with E-state index in [1.54, 1.807) is 6.20 Å². The lowest BCUT2D eigenvalue weighted by Crippen LogP contribution is -2.18. The summed E-state index contributed by atoms with van der Waals surface area (Å²) in [6, 6.07) is 3.96. The van der Waals surface area contributed by atoms with Crippen LogP contribution in [0.3, 0.4) is 0 Å². The van der Waals surface area contributed by atoms with Gasteiger partial charge in [-0.05, 0) is 46.1 Å². The first-order valence-electron chi connectivity index (χ1n) is 6.81. The molecule has 2 aromatic heterocycles. The third-order valence-corrected chi connectivity index (χ3v) is 4.11. The van der Waals surface area contributed by atoms with Gasteiger partial charge >= 0.3 is 5.97 Å². The molecule has 114 valence electrons. The van der Waals surface area contributed by atoms with Gasteiger partial charge in [-0.25, -0.2) is 9.97 Å². The number of pyridine rings is 1. The highest BCUT2D eigenvalue weighted by atomic mass is 32.2. The van der Waals surface area contributed by atoms with E-state index in [0.717, 1.165) is 29.3 Å². The molecule has 6 nitrogen and oxygen atoms in total. The van der Waals surface area contributed by atoms with Crippen molar-refractivity contribution in [2.45, 2.75) is 24.5 Å². The molecule has 0 radical (unpaired) electrons. The number of carbonyl (C=O) groups is 1. The van der Waals surface area contributed by atoms with E-state index in [1.165, 1.54) is 11.8 Å². The van der Waals surface area contributed by atoms with E-state index < -0.39 is 5.97 Å². The first kappa shape index (κ1) is 15.8. The minimum absolute atomic E-state index is 0.00369. The molecule has 0 saturated heterocycles. The predicted octanol–water partition coefficient (Wildman–Crippen LogP) is 2.12. The third-order valence-electron chi connectivity index (χ3n) is 3.18. The van der Waals surface area contributed by atoms with Gasteiger partial charge in [-0.15, -0.1) is 0 Å². The number of carboxylic acid groups (broad SMARTS) is 1. The Balaban J connectivity index is 2.32. The molecule has 1 unspecified atom stereocenters. The zero-order valence-electron chi connectivity index (χ0n) is 12.5. The molecule has 0 aromatic carbocycles. The normalized spacial score (nSPS) is 13.0. The molecule has 1 N–H and O–H groups in total. The Hall–Kier alpha value is -1.60. The molecule has 2 heterocycles. The van der Waals surface area contributed by atoms with E-state index in [-0.39, 0.29) is 11.8 Å². The Bertz CT molecular complexity index is 626. The SMILES string of the molecule is CC(CCN(C)C)n1c(SCC(=O)O)nc2cccnc21. The van der Waals surface area contributed by atoms with Crippen LogP contribution in [-0.4, -0.2) is 56.9 Å². The molecule has 0 aliphatic carbocycles. The highest BCUT2D eigenvalue weighted by molar-refractivity contribution is 7.99. The zero-order valence-corrected chi connectivity index (χ0v) is 13.3. The first-order chi connectivity index (χ1) is 9.99. The third kappa shape index (κ3) is 3.95. The maximum atomic E-state index is 10.8. The average Bonchev–Trinajstić information content (AvgIpc) is 2.80. The molecule has 2 rings (SSSR count). The van der Waals surface area contributed by atoms with Gasteiger partial charge in [0.25, 0.3) is 0 Å². The first-order valence-corrected chi connectivity index (χ1v) is 7.80. The molecule has 0 aliphatic heterocycles. The molecular formula is C14H20N4O2S. The van der Waals surface area contributed by atoms with Crippen molar-refractivity contribution in [1.29, 1.82) is 0 Å². The minimum Gasteiger partial charge on any atom is -0.481 e. The number of thioether (sulfide) groups is 1. The topological polar surface area (TPSA) is 71.2 Å². The van der Waals surface area contributed by atoms with Crippen LogP contribution in [0.25, 0.3) is 11.2 Å². The van der Waals surface area contributed by atoms with E-state index in [2.05, 4.69) is 21.8 Å². The summed E-state index contributed by atoms with van der Waals surface area (Å²) < 4.78 is 2.05. The summed E-state index contributed by atoms with van der Waals surface area (Å²) in [5.41, 5.74) is 1.62. The number of fused-ring (bicyclic) bond motifs is 1. The van der Waals surface area contributed by atoms with Gasteiger partial charge in [0.15, 0.2) is 10.8 Å². The van der Waals surface area contributed by atoms with Crippen LogP contribution in [0.15, 0.2) is 23.5 Å². The van der Waals surface area contributed by atoms with Crippen molar-refractivity contribution in [3.05, 3.63) is 18.3 Å².